The standard InChI is InChI=1S/C30H46N8O15/c1-13(40)23(30(52)53)36-27(49)18-4-2-8-37(18)29(51)19-5-3-9-38(19)28(50)17(11-22(44)45)35-25(47)15(6-7-21(42)43)33-26(48)16(10-20(32)41)34-24(46)14(31)12-39/h13-19,23,39-40H,2-12,31H2,1H3,(H2,32,41)(H,33,48)(H,34,46)(H,35,47)(H,36,49)(H,42,43)(H,44,45)(H,52,53)/t13-,14+,15+,16+,17+,18+,19+,23+/m1/s1. The molecular formula is C30H46N8O15. The Morgan fingerprint density at radius 1 is 0.736 bits per heavy atom. The van der Waals surface area contributed by atoms with E-state index in [1.165, 1.54) is 0 Å². The number of carbonyl (C=O) groups excluding carboxylic acids is 7. The number of amides is 7. The number of carboxylic acid groups (broad SMARTS) is 3. The molecule has 0 unspecified atom stereocenters. The van der Waals surface area contributed by atoms with Crippen molar-refractivity contribution >= 4 is 59.3 Å². The summed E-state index contributed by atoms with van der Waals surface area (Å²) in [6.45, 7) is 0.308. The summed E-state index contributed by atoms with van der Waals surface area (Å²) in [4.78, 5) is 128. The summed E-state index contributed by atoms with van der Waals surface area (Å²) in [5, 5.41) is 55.6. The van der Waals surface area contributed by atoms with Crippen molar-refractivity contribution in [3.05, 3.63) is 0 Å². The molecule has 13 N–H and O–H groups in total. The molecule has 0 spiro atoms. The van der Waals surface area contributed by atoms with Crippen LogP contribution in [0.2, 0.25) is 0 Å². The second kappa shape index (κ2) is 20.0. The summed E-state index contributed by atoms with van der Waals surface area (Å²) in [5.41, 5.74) is 10.6. The number of carboxylic acids is 3. The molecule has 2 saturated heterocycles. The number of rotatable bonds is 20. The van der Waals surface area contributed by atoms with Crippen molar-refractivity contribution < 1.29 is 73.5 Å². The fourth-order valence-corrected chi connectivity index (χ4v) is 5.85. The zero-order chi connectivity index (χ0) is 40.2. The van der Waals surface area contributed by atoms with Crippen molar-refractivity contribution in [2.75, 3.05) is 19.7 Å². The first kappa shape index (κ1) is 43.7. The van der Waals surface area contributed by atoms with Gasteiger partial charge in [0.25, 0.3) is 0 Å². The minimum atomic E-state index is -1.86. The van der Waals surface area contributed by atoms with Crippen LogP contribution in [0.4, 0.5) is 0 Å². The monoisotopic (exact) mass is 758 g/mol. The summed E-state index contributed by atoms with van der Waals surface area (Å²) in [6, 6.07) is -10.9. The number of hydrogen-bond donors (Lipinski definition) is 11. The lowest BCUT2D eigenvalue weighted by atomic mass is 10.1. The molecule has 296 valence electrons. The minimum absolute atomic E-state index is 0.0608. The first-order valence-corrected chi connectivity index (χ1v) is 16.6. The molecule has 2 aliphatic rings. The van der Waals surface area contributed by atoms with Crippen LogP contribution in [-0.4, -0.2) is 163 Å². The molecule has 53 heavy (non-hydrogen) atoms. The quantitative estimate of drug-likeness (QED) is 0.0550. The van der Waals surface area contributed by atoms with Gasteiger partial charge in [-0.2, -0.15) is 0 Å². The maximum atomic E-state index is 13.8. The molecule has 0 aromatic heterocycles. The smallest absolute Gasteiger partial charge is 0.328 e. The number of nitrogens with zero attached hydrogens (tertiary/aromatic N) is 2. The third-order valence-corrected chi connectivity index (χ3v) is 8.55. The Bertz CT molecular complexity index is 1440. The summed E-state index contributed by atoms with van der Waals surface area (Å²) in [6.07, 6.45) is -3.81. The van der Waals surface area contributed by atoms with Crippen molar-refractivity contribution in [1.29, 1.82) is 0 Å². The summed E-state index contributed by atoms with van der Waals surface area (Å²) < 4.78 is 0. The molecular weight excluding hydrogens is 712 g/mol. The Labute approximate surface area is 301 Å². The number of nitrogens with one attached hydrogen (secondary N) is 4. The van der Waals surface area contributed by atoms with Crippen LogP contribution in [0.1, 0.15) is 58.3 Å². The highest BCUT2D eigenvalue weighted by atomic mass is 16.4. The van der Waals surface area contributed by atoms with E-state index in [4.69, 9.17) is 16.6 Å². The normalized spacial score (nSPS) is 20.2. The van der Waals surface area contributed by atoms with Crippen LogP contribution in [0, 0.1) is 0 Å². The van der Waals surface area contributed by atoms with E-state index in [9.17, 15) is 68.4 Å². The van der Waals surface area contributed by atoms with Crippen LogP contribution in [-0.2, 0) is 47.9 Å². The van der Waals surface area contributed by atoms with Gasteiger partial charge >= 0.3 is 17.9 Å². The maximum Gasteiger partial charge on any atom is 0.328 e. The van der Waals surface area contributed by atoms with E-state index in [1.54, 1.807) is 0 Å². The van der Waals surface area contributed by atoms with Crippen molar-refractivity contribution in [2.45, 2.75) is 107 Å². The number of aliphatic carboxylic acids is 3. The predicted molar refractivity (Wildman–Crippen MR) is 175 cm³/mol. The van der Waals surface area contributed by atoms with Crippen LogP contribution < -0.4 is 32.7 Å². The zero-order valence-corrected chi connectivity index (χ0v) is 28.8. The van der Waals surface area contributed by atoms with E-state index in [-0.39, 0.29) is 32.4 Å². The van der Waals surface area contributed by atoms with Crippen LogP contribution in [0.25, 0.3) is 0 Å². The van der Waals surface area contributed by atoms with Crippen molar-refractivity contribution in [3.63, 3.8) is 0 Å². The number of likely N-dealkylation sites (tertiary alicyclic amines) is 2. The molecule has 2 rings (SSSR count). The van der Waals surface area contributed by atoms with Gasteiger partial charge in [-0.1, -0.05) is 0 Å². The molecule has 0 saturated carbocycles. The molecule has 8 atom stereocenters. The van der Waals surface area contributed by atoms with E-state index >= 15 is 0 Å². The zero-order valence-electron chi connectivity index (χ0n) is 28.8. The minimum Gasteiger partial charge on any atom is -0.481 e. The fraction of sp³-hybridized carbons (Fsp3) is 0.667. The number of carbonyl (C=O) groups is 10. The molecule has 0 aromatic carbocycles. The van der Waals surface area contributed by atoms with E-state index in [2.05, 4.69) is 21.3 Å². The summed E-state index contributed by atoms with van der Waals surface area (Å²) in [5.74, 6) is -11.7. The Morgan fingerprint density at radius 2 is 1.28 bits per heavy atom. The van der Waals surface area contributed by atoms with Gasteiger partial charge in [0, 0.05) is 19.5 Å². The molecule has 23 nitrogen and oxygen atoms in total. The van der Waals surface area contributed by atoms with Gasteiger partial charge in [-0.25, -0.2) is 4.79 Å². The molecule has 2 fully saturated rings. The molecule has 2 heterocycles. The third kappa shape index (κ3) is 12.6. The largest absolute Gasteiger partial charge is 0.481 e. The number of hydrogen-bond acceptors (Lipinski definition) is 13. The molecule has 0 aliphatic carbocycles. The SMILES string of the molecule is C[C@@H](O)[C@H](NC(=O)[C@@H]1CCCN1C(=O)[C@@H]1CCCN1C(=O)[C@H](CC(=O)O)NC(=O)[C@H](CCC(=O)O)NC(=O)[C@H](CC(N)=O)NC(=O)[C@@H](N)CO)C(=O)O. The van der Waals surface area contributed by atoms with Gasteiger partial charge in [0.2, 0.25) is 41.4 Å². The third-order valence-electron chi connectivity index (χ3n) is 8.55. The fourth-order valence-electron chi connectivity index (χ4n) is 5.85. The van der Waals surface area contributed by atoms with Crippen LogP contribution in [0.3, 0.4) is 0 Å². The molecule has 0 aromatic rings. The lowest BCUT2D eigenvalue weighted by molar-refractivity contribution is -0.150. The van der Waals surface area contributed by atoms with E-state index in [1.807, 2.05) is 0 Å². The average Bonchev–Trinajstić information content (AvgIpc) is 3.77. The molecule has 7 amide bonds. The number of aliphatic hydroxyl groups excluding tert-OH is 2. The van der Waals surface area contributed by atoms with E-state index in [0.717, 1.165) is 16.7 Å². The van der Waals surface area contributed by atoms with Crippen LogP contribution in [0.5, 0.6) is 0 Å². The van der Waals surface area contributed by atoms with Gasteiger partial charge in [-0.15, -0.1) is 0 Å². The van der Waals surface area contributed by atoms with Crippen LogP contribution >= 0.6 is 0 Å². The highest BCUT2D eigenvalue weighted by molar-refractivity contribution is 5.99. The predicted octanol–water partition coefficient (Wildman–Crippen LogP) is -6.09. The number of aliphatic hydroxyl groups is 2. The van der Waals surface area contributed by atoms with Crippen LogP contribution in [0.15, 0.2) is 0 Å². The van der Waals surface area contributed by atoms with Crippen molar-refractivity contribution in [2.24, 2.45) is 11.5 Å². The van der Waals surface area contributed by atoms with Crippen molar-refractivity contribution in [3.8, 4) is 0 Å². The Balaban J connectivity index is 2.30. The van der Waals surface area contributed by atoms with E-state index < -0.39 is 140 Å². The van der Waals surface area contributed by atoms with Gasteiger partial charge in [-0.05, 0) is 39.0 Å². The highest BCUT2D eigenvalue weighted by Gasteiger charge is 2.45. The molecule has 0 bridgehead atoms. The summed E-state index contributed by atoms with van der Waals surface area (Å²) >= 11 is 0. The van der Waals surface area contributed by atoms with Gasteiger partial charge in [-0.3, -0.25) is 43.2 Å². The Hall–Kier alpha value is -5.42. The first-order chi connectivity index (χ1) is 24.8. The topological polar surface area (TPSA) is 378 Å². The van der Waals surface area contributed by atoms with Gasteiger partial charge in [0.15, 0.2) is 6.04 Å². The van der Waals surface area contributed by atoms with Gasteiger partial charge in [0.05, 0.1) is 25.6 Å². The molecule has 0 radical (unpaired) electrons. The maximum absolute atomic E-state index is 13.8. The first-order valence-electron chi connectivity index (χ1n) is 16.6. The number of primary amides is 1. The molecule has 2 aliphatic heterocycles. The lowest BCUT2D eigenvalue weighted by Crippen LogP contribution is -2.60. The highest BCUT2D eigenvalue weighted by Crippen LogP contribution is 2.26. The Morgan fingerprint density at radius 3 is 1.81 bits per heavy atom. The second-order valence-electron chi connectivity index (χ2n) is 12.6. The van der Waals surface area contributed by atoms with Crippen molar-refractivity contribution in [1.82, 2.24) is 31.1 Å². The second-order valence-corrected chi connectivity index (χ2v) is 12.6. The average molecular weight is 759 g/mol. The van der Waals surface area contributed by atoms with E-state index in [0.29, 0.717) is 6.42 Å². The van der Waals surface area contributed by atoms with Gasteiger partial charge < -0.3 is 68.1 Å². The van der Waals surface area contributed by atoms with Gasteiger partial charge in [0.1, 0.15) is 36.3 Å². The number of nitrogens with two attached hydrogens (primary N) is 2. The molecule has 23 heteroatoms. The summed E-state index contributed by atoms with van der Waals surface area (Å²) in [7, 11) is 0. The Kier molecular flexibility index (Phi) is 16.5. The lowest BCUT2D eigenvalue weighted by Gasteiger charge is -2.33.